The minimum atomic E-state index is -1.25. The minimum absolute atomic E-state index is 0.455. The van der Waals surface area contributed by atoms with E-state index in [0.29, 0.717) is 5.69 Å². The number of hydrogen-bond acceptors (Lipinski definition) is 3. The first-order valence-corrected chi connectivity index (χ1v) is 4.97. The van der Waals surface area contributed by atoms with Crippen LogP contribution in [0.3, 0.4) is 0 Å². The third-order valence-electron chi connectivity index (χ3n) is 2.60. The SMILES string of the molecule is COC(=O)C(O)c1cc2cccc(C)c2[nH]1. The molecular weight excluding hydrogens is 206 g/mol. The molecule has 16 heavy (non-hydrogen) atoms. The molecule has 1 aromatic heterocycles. The number of carbonyl (C=O) groups is 1. The number of aromatic amines is 1. The van der Waals surface area contributed by atoms with Crippen LogP contribution in [0.25, 0.3) is 10.9 Å². The molecule has 0 spiro atoms. The molecule has 1 unspecified atom stereocenters. The van der Waals surface area contributed by atoms with Crippen LogP contribution >= 0.6 is 0 Å². The quantitative estimate of drug-likeness (QED) is 0.755. The summed E-state index contributed by atoms with van der Waals surface area (Å²) in [6.45, 7) is 1.97. The van der Waals surface area contributed by atoms with E-state index in [9.17, 15) is 9.90 Å². The summed E-state index contributed by atoms with van der Waals surface area (Å²) in [6.07, 6.45) is -1.25. The van der Waals surface area contributed by atoms with Crippen molar-refractivity contribution in [2.75, 3.05) is 7.11 Å². The zero-order valence-electron chi connectivity index (χ0n) is 9.15. The van der Waals surface area contributed by atoms with Gasteiger partial charge in [-0.1, -0.05) is 18.2 Å². The number of carbonyl (C=O) groups excluding carboxylic acids is 1. The average Bonchev–Trinajstić information content (AvgIpc) is 2.72. The molecule has 1 heterocycles. The van der Waals surface area contributed by atoms with Crippen LogP contribution in [0.15, 0.2) is 24.3 Å². The lowest BCUT2D eigenvalue weighted by atomic mass is 10.1. The molecule has 0 aliphatic carbocycles. The summed E-state index contributed by atoms with van der Waals surface area (Å²) in [6, 6.07) is 7.57. The monoisotopic (exact) mass is 219 g/mol. The van der Waals surface area contributed by atoms with Crippen molar-refractivity contribution in [1.29, 1.82) is 0 Å². The molecule has 4 nitrogen and oxygen atoms in total. The van der Waals surface area contributed by atoms with Gasteiger partial charge in [0.15, 0.2) is 6.10 Å². The number of benzene rings is 1. The van der Waals surface area contributed by atoms with Crippen molar-refractivity contribution >= 4 is 16.9 Å². The van der Waals surface area contributed by atoms with Crippen molar-refractivity contribution in [2.24, 2.45) is 0 Å². The van der Waals surface area contributed by atoms with Crippen LogP contribution in [0.5, 0.6) is 0 Å². The van der Waals surface area contributed by atoms with Gasteiger partial charge in [0.1, 0.15) is 0 Å². The molecule has 0 aliphatic heterocycles. The Morgan fingerprint density at radius 1 is 1.50 bits per heavy atom. The van der Waals surface area contributed by atoms with Crippen LogP contribution in [0, 0.1) is 6.92 Å². The predicted octanol–water partition coefficient (Wildman–Crippen LogP) is 1.68. The van der Waals surface area contributed by atoms with E-state index in [2.05, 4.69) is 9.72 Å². The molecule has 1 aromatic carbocycles. The largest absolute Gasteiger partial charge is 0.467 e. The van der Waals surface area contributed by atoms with Crippen LogP contribution in [0.4, 0.5) is 0 Å². The molecule has 0 amide bonds. The maximum Gasteiger partial charge on any atom is 0.340 e. The molecule has 2 aromatic rings. The van der Waals surface area contributed by atoms with Gasteiger partial charge in [-0.2, -0.15) is 0 Å². The van der Waals surface area contributed by atoms with Crippen LogP contribution in [-0.4, -0.2) is 23.2 Å². The first-order chi connectivity index (χ1) is 7.63. The first-order valence-electron chi connectivity index (χ1n) is 4.97. The van der Waals surface area contributed by atoms with E-state index < -0.39 is 12.1 Å². The number of methoxy groups -OCH3 is 1. The van der Waals surface area contributed by atoms with Gasteiger partial charge in [-0.05, 0) is 18.6 Å². The average molecular weight is 219 g/mol. The fourth-order valence-electron chi connectivity index (χ4n) is 1.72. The van der Waals surface area contributed by atoms with E-state index in [1.165, 1.54) is 7.11 Å². The van der Waals surface area contributed by atoms with Gasteiger partial charge in [0.05, 0.1) is 12.8 Å². The number of hydrogen-bond donors (Lipinski definition) is 2. The summed E-state index contributed by atoms with van der Waals surface area (Å²) in [7, 11) is 1.25. The molecule has 0 bridgehead atoms. The second kappa shape index (κ2) is 3.98. The molecule has 0 saturated carbocycles. The predicted molar refractivity (Wildman–Crippen MR) is 60.0 cm³/mol. The van der Waals surface area contributed by atoms with Gasteiger partial charge >= 0.3 is 5.97 Å². The third-order valence-corrected chi connectivity index (χ3v) is 2.60. The summed E-state index contributed by atoms with van der Waals surface area (Å²) in [4.78, 5) is 14.2. The number of aryl methyl sites for hydroxylation is 1. The Labute approximate surface area is 92.9 Å². The van der Waals surface area contributed by atoms with Crippen LogP contribution in [-0.2, 0) is 9.53 Å². The number of para-hydroxylation sites is 1. The zero-order valence-corrected chi connectivity index (χ0v) is 9.15. The Balaban J connectivity index is 2.47. The van der Waals surface area contributed by atoms with Crippen molar-refractivity contribution in [3.05, 3.63) is 35.5 Å². The maximum atomic E-state index is 11.2. The summed E-state index contributed by atoms with van der Waals surface area (Å²) in [5.74, 6) is -0.663. The zero-order chi connectivity index (χ0) is 11.7. The van der Waals surface area contributed by atoms with Crippen LogP contribution < -0.4 is 0 Å². The highest BCUT2D eigenvalue weighted by Gasteiger charge is 2.20. The summed E-state index contributed by atoms with van der Waals surface area (Å²) in [5.41, 5.74) is 2.46. The van der Waals surface area contributed by atoms with Crippen molar-refractivity contribution in [3.8, 4) is 0 Å². The van der Waals surface area contributed by atoms with Gasteiger partial charge in [0.2, 0.25) is 0 Å². The van der Waals surface area contributed by atoms with Crippen molar-refractivity contribution in [1.82, 2.24) is 4.98 Å². The number of H-pyrrole nitrogens is 1. The number of nitrogens with one attached hydrogen (secondary N) is 1. The van der Waals surface area contributed by atoms with E-state index in [4.69, 9.17) is 0 Å². The number of fused-ring (bicyclic) bond motifs is 1. The van der Waals surface area contributed by atoms with Gasteiger partial charge in [-0.3, -0.25) is 0 Å². The van der Waals surface area contributed by atoms with Crippen molar-refractivity contribution in [2.45, 2.75) is 13.0 Å². The fourth-order valence-corrected chi connectivity index (χ4v) is 1.72. The van der Waals surface area contributed by atoms with E-state index in [0.717, 1.165) is 16.5 Å². The number of ether oxygens (including phenoxy) is 1. The molecule has 2 rings (SSSR count). The highest BCUT2D eigenvalue weighted by molar-refractivity contribution is 5.85. The Kier molecular flexibility index (Phi) is 2.66. The second-order valence-corrected chi connectivity index (χ2v) is 3.69. The Morgan fingerprint density at radius 2 is 2.25 bits per heavy atom. The highest BCUT2D eigenvalue weighted by Crippen LogP contribution is 2.23. The van der Waals surface area contributed by atoms with Gasteiger partial charge in [0.25, 0.3) is 0 Å². The summed E-state index contributed by atoms with van der Waals surface area (Å²) in [5, 5.41) is 10.6. The summed E-state index contributed by atoms with van der Waals surface area (Å²) >= 11 is 0. The minimum Gasteiger partial charge on any atom is -0.467 e. The Bertz CT molecular complexity index is 530. The lowest BCUT2D eigenvalue weighted by Gasteiger charge is -2.04. The van der Waals surface area contributed by atoms with Crippen molar-refractivity contribution in [3.63, 3.8) is 0 Å². The Morgan fingerprint density at radius 3 is 2.88 bits per heavy atom. The van der Waals surface area contributed by atoms with E-state index in [-0.39, 0.29) is 0 Å². The molecule has 0 aliphatic rings. The van der Waals surface area contributed by atoms with Crippen molar-refractivity contribution < 1.29 is 14.6 Å². The number of rotatable bonds is 2. The summed E-state index contributed by atoms with van der Waals surface area (Å²) < 4.78 is 4.48. The number of esters is 1. The number of aliphatic hydroxyl groups excluding tert-OH is 1. The van der Waals surface area contributed by atoms with E-state index in [1.807, 2.05) is 25.1 Å². The third kappa shape index (κ3) is 1.67. The number of aromatic nitrogens is 1. The molecule has 84 valence electrons. The highest BCUT2D eigenvalue weighted by atomic mass is 16.5. The maximum absolute atomic E-state index is 11.2. The first kappa shape index (κ1) is 10.7. The molecule has 0 radical (unpaired) electrons. The molecule has 0 saturated heterocycles. The topological polar surface area (TPSA) is 62.3 Å². The van der Waals surface area contributed by atoms with Crippen LogP contribution in [0.1, 0.15) is 17.4 Å². The number of aliphatic hydroxyl groups is 1. The second-order valence-electron chi connectivity index (χ2n) is 3.69. The van der Waals surface area contributed by atoms with Gasteiger partial charge in [-0.25, -0.2) is 4.79 Å². The molecule has 4 heteroatoms. The lowest BCUT2D eigenvalue weighted by Crippen LogP contribution is -2.13. The van der Waals surface area contributed by atoms with Gasteiger partial charge in [-0.15, -0.1) is 0 Å². The normalized spacial score (nSPS) is 12.7. The Hall–Kier alpha value is -1.81. The fraction of sp³-hybridized carbons (Fsp3) is 0.250. The van der Waals surface area contributed by atoms with E-state index >= 15 is 0 Å². The molecular formula is C12H13NO3. The smallest absolute Gasteiger partial charge is 0.340 e. The molecule has 1 atom stereocenters. The lowest BCUT2D eigenvalue weighted by molar-refractivity contribution is -0.150. The van der Waals surface area contributed by atoms with Crippen LogP contribution in [0.2, 0.25) is 0 Å². The molecule has 0 fully saturated rings. The standard InChI is InChI=1S/C12H13NO3/c1-7-4-3-5-8-6-9(13-10(7)8)11(14)12(15)16-2/h3-6,11,13-14H,1-2H3. The van der Waals surface area contributed by atoms with E-state index in [1.54, 1.807) is 6.07 Å². The molecule has 2 N–H and O–H groups in total. The van der Waals surface area contributed by atoms with Gasteiger partial charge < -0.3 is 14.8 Å². The van der Waals surface area contributed by atoms with Gasteiger partial charge in [0, 0.05) is 10.9 Å².